The average molecular weight is 652 g/mol. The highest BCUT2D eigenvalue weighted by molar-refractivity contribution is 8.02. The van der Waals surface area contributed by atoms with Crippen LogP contribution in [0.1, 0.15) is 38.7 Å². The lowest BCUT2D eigenvalue weighted by Gasteiger charge is -2.38. The summed E-state index contributed by atoms with van der Waals surface area (Å²) in [4.78, 5) is 49.0. The van der Waals surface area contributed by atoms with E-state index in [-0.39, 0.29) is 44.0 Å². The van der Waals surface area contributed by atoms with Gasteiger partial charge >= 0.3 is 0 Å². The van der Waals surface area contributed by atoms with E-state index in [1.54, 1.807) is 44.7 Å². The van der Waals surface area contributed by atoms with Crippen LogP contribution in [0.4, 0.5) is 11.4 Å². The average Bonchev–Trinajstić information content (AvgIpc) is 3.58. The van der Waals surface area contributed by atoms with E-state index in [1.807, 2.05) is 50.2 Å². The number of hydrogen-bond donors (Lipinski definition) is 1. The van der Waals surface area contributed by atoms with E-state index in [4.69, 9.17) is 16.3 Å². The number of nitrogens with zero attached hydrogens (tertiary/aromatic N) is 3. The number of para-hydroxylation sites is 1. The second-order valence-electron chi connectivity index (χ2n) is 12.1. The summed E-state index contributed by atoms with van der Waals surface area (Å²) in [5, 5.41) is 10.2. The third-order valence-electron chi connectivity index (χ3n) is 9.41. The highest BCUT2D eigenvalue weighted by Gasteiger charge is 2.77. The molecule has 240 valence electrons. The number of aliphatic hydroxyl groups is 1. The number of aliphatic hydroxyl groups excluding tert-OH is 1. The maximum atomic E-state index is 14.8. The van der Waals surface area contributed by atoms with Crippen LogP contribution in [-0.2, 0) is 14.4 Å². The molecule has 3 heterocycles. The van der Waals surface area contributed by atoms with E-state index in [2.05, 4.69) is 20.1 Å². The van der Waals surface area contributed by atoms with Crippen LogP contribution < -0.4 is 14.5 Å². The lowest BCUT2D eigenvalue weighted by atomic mass is 9.66. The van der Waals surface area contributed by atoms with Gasteiger partial charge in [0.1, 0.15) is 11.8 Å². The molecular formula is C35H42ClN3O5S. The molecule has 0 saturated carbocycles. The van der Waals surface area contributed by atoms with Gasteiger partial charge in [0.25, 0.3) is 5.91 Å². The molecule has 1 spiro atoms. The van der Waals surface area contributed by atoms with Crippen LogP contribution in [0.3, 0.4) is 0 Å². The minimum absolute atomic E-state index is 0.125. The lowest BCUT2D eigenvalue weighted by Crippen LogP contribution is -2.55. The van der Waals surface area contributed by atoms with Crippen molar-refractivity contribution in [3.05, 3.63) is 78.4 Å². The first-order chi connectivity index (χ1) is 21.6. The molecule has 0 radical (unpaired) electrons. The summed E-state index contributed by atoms with van der Waals surface area (Å²) >= 11 is 8.29. The molecule has 10 heteroatoms. The first-order valence-electron chi connectivity index (χ1n) is 15.5. The van der Waals surface area contributed by atoms with E-state index in [1.165, 1.54) is 0 Å². The number of carbonyl (C=O) groups is 3. The summed E-state index contributed by atoms with van der Waals surface area (Å²) in [6, 6.07) is 12.0. The molecule has 5 atom stereocenters. The normalized spacial score (nSPS) is 26.5. The quantitative estimate of drug-likeness (QED) is 0.282. The Hall–Kier alpha value is -3.27. The summed E-state index contributed by atoms with van der Waals surface area (Å²) in [5.74, 6) is -1.27. The number of amides is 3. The van der Waals surface area contributed by atoms with Crippen LogP contribution in [0.15, 0.2) is 67.8 Å². The molecule has 2 bridgehead atoms. The van der Waals surface area contributed by atoms with Crippen molar-refractivity contribution in [1.82, 2.24) is 4.90 Å². The molecule has 1 N–H and O–H groups in total. The Bertz CT molecular complexity index is 1460. The van der Waals surface area contributed by atoms with E-state index < -0.39 is 27.4 Å². The highest BCUT2D eigenvalue weighted by Crippen LogP contribution is 2.71. The standard InChI is InChI=1S/C35H42ClN3O5S/c1-6-19-37(24-13-15-25(16-14-24)44-8-3)31(41)27-28-32(42)39(21-10-22-40)30(35(28)18-17-34(27,5)45-35)33(43)38(20-7-2)29-23(4)11-9-12-26(29)36/h6-7,9,11-16,27-28,30,40H,1-2,8,10,17-22H2,3-5H3/t27-,28+,30?,34+,35?/m1/s1. The first-order valence-corrected chi connectivity index (χ1v) is 16.7. The van der Waals surface area contributed by atoms with Crippen molar-refractivity contribution in [2.24, 2.45) is 11.8 Å². The third kappa shape index (κ3) is 5.57. The maximum absolute atomic E-state index is 14.8. The second-order valence-corrected chi connectivity index (χ2v) is 14.4. The number of rotatable bonds is 13. The van der Waals surface area contributed by atoms with Crippen molar-refractivity contribution in [3.8, 4) is 5.75 Å². The number of ether oxygens (including phenoxy) is 1. The zero-order valence-corrected chi connectivity index (χ0v) is 27.8. The number of thioether (sulfide) groups is 1. The molecule has 0 aromatic heterocycles. The lowest BCUT2D eigenvalue weighted by molar-refractivity contribution is -0.139. The Morgan fingerprint density at radius 3 is 2.42 bits per heavy atom. The SMILES string of the molecule is C=CCN(C(=O)[C@H]1[C@H]2C(=O)N(CCCO)C(C(=O)N(CC=C)c3c(C)cccc3Cl)C23CC[C@]1(C)S3)c1ccc(OCC)cc1. The smallest absolute Gasteiger partial charge is 0.251 e. The molecule has 2 unspecified atom stereocenters. The van der Waals surface area contributed by atoms with E-state index in [9.17, 15) is 19.5 Å². The Morgan fingerprint density at radius 1 is 1.11 bits per heavy atom. The summed E-state index contributed by atoms with van der Waals surface area (Å²) in [6.07, 6.45) is 4.96. The van der Waals surface area contributed by atoms with Gasteiger partial charge in [0.05, 0.1) is 33.9 Å². The number of likely N-dealkylation sites (tertiary alicyclic amines) is 1. The molecule has 2 aromatic carbocycles. The van der Waals surface area contributed by atoms with Crippen LogP contribution in [0.25, 0.3) is 0 Å². The van der Waals surface area contributed by atoms with Gasteiger partial charge in [0, 0.05) is 36.7 Å². The van der Waals surface area contributed by atoms with Gasteiger partial charge < -0.3 is 24.5 Å². The van der Waals surface area contributed by atoms with Crippen LogP contribution in [0, 0.1) is 18.8 Å². The molecule has 3 amide bonds. The molecule has 3 aliphatic heterocycles. The fourth-order valence-electron chi connectivity index (χ4n) is 7.60. The molecule has 2 aromatic rings. The Labute approximate surface area is 275 Å². The summed E-state index contributed by atoms with van der Waals surface area (Å²) < 4.78 is 4.24. The zero-order chi connectivity index (χ0) is 32.5. The van der Waals surface area contributed by atoms with E-state index in [0.717, 1.165) is 5.56 Å². The first kappa shape index (κ1) is 33.1. The fraction of sp³-hybridized carbons (Fsp3) is 0.457. The van der Waals surface area contributed by atoms with Crippen molar-refractivity contribution in [1.29, 1.82) is 0 Å². The monoisotopic (exact) mass is 651 g/mol. The van der Waals surface area contributed by atoms with Crippen molar-refractivity contribution in [2.75, 3.05) is 42.6 Å². The van der Waals surface area contributed by atoms with Crippen LogP contribution in [-0.4, -0.2) is 76.1 Å². The summed E-state index contributed by atoms with van der Waals surface area (Å²) in [6.45, 7) is 14.8. The van der Waals surface area contributed by atoms with Gasteiger partial charge in [-0.1, -0.05) is 35.9 Å². The second kappa shape index (κ2) is 13.2. The van der Waals surface area contributed by atoms with Crippen molar-refractivity contribution in [3.63, 3.8) is 0 Å². The van der Waals surface area contributed by atoms with Gasteiger partial charge in [0.15, 0.2) is 0 Å². The predicted octanol–water partition coefficient (Wildman–Crippen LogP) is 5.65. The molecule has 3 aliphatic rings. The number of aryl methyl sites for hydroxylation is 1. The number of carbonyl (C=O) groups excluding carboxylic acids is 3. The molecule has 8 nitrogen and oxygen atoms in total. The number of benzene rings is 2. The molecule has 0 aliphatic carbocycles. The molecule has 3 fully saturated rings. The minimum atomic E-state index is -0.833. The number of halogens is 1. The predicted molar refractivity (Wildman–Crippen MR) is 181 cm³/mol. The van der Waals surface area contributed by atoms with Crippen LogP contribution in [0.2, 0.25) is 5.02 Å². The largest absolute Gasteiger partial charge is 0.494 e. The Kier molecular flexibility index (Phi) is 9.73. The fourth-order valence-corrected chi connectivity index (χ4v) is 10.3. The molecule has 3 saturated heterocycles. The van der Waals surface area contributed by atoms with Gasteiger partial charge in [-0.3, -0.25) is 14.4 Å². The molecular weight excluding hydrogens is 610 g/mol. The Balaban J connectivity index is 1.58. The van der Waals surface area contributed by atoms with Gasteiger partial charge in [-0.15, -0.1) is 24.9 Å². The highest BCUT2D eigenvalue weighted by atomic mass is 35.5. The van der Waals surface area contributed by atoms with Gasteiger partial charge in [0.2, 0.25) is 11.8 Å². The molecule has 45 heavy (non-hydrogen) atoms. The van der Waals surface area contributed by atoms with Crippen molar-refractivity contribution in [2.45, 2.75) is 55.6 Å². The minimum Gasteiger partial charge on any atom is -0.494 e. The van der Waals surface area contributed by atoms with Crippen LogP contribution in [0.5, 0.6) is 5.75 Å². The number of anilines is 2. The van der Waals surface area contributed by atoms with E-state index in [0.29, 0.717) is 48.0 Å². The topological polar surface area (TPSA) is 90.4 Å². The van der Waals surface area contributed by atoms with Crippen molar-refractivity contribution < 1.29 is 24.2 Å². The summed E-state index contributed by atoms with van der Waals surface area (Å²) in [5.41, 5.74) is 2.11. The number of fused-ring (bicyclic) bond motifs is 1. The van der Waals surface area contributed by atoms with Gasteiger partial charge in [-0.2, -0.15) is 0 Å². The third-order valence-corrected chi connectivity index (χ3v) is 11.7. The zero-order valence-electron chi connectivity index (χ0n) is 26.2. The van der Waals surface area contributed by atoms with Crippen molar-refractivity contribution >= 4 is 52.5 Å². The molecule has 5 rings (SSSR count). The van der Waals surface area contributed by atoms with Crippen LogP contribution >= 0.6 is 23.4 Å². The maximum Gasteiger partial charge on any atom is 0.251 e. The van der Waals surface area contributed by atoms with E-state index >= 15 is 0 Å². The summed E-state index contributed by atoms with van der Waals surface area (Å²) in [7, 11) is 0. The number of hydrogen-bond acceptors (Lipinski definition) is 6. The Morgan fingerprint density at radius 2 is 1.80 bits per heavy atom. The van der Waals surface area contributed by atoms with Gasteiger partial charge in [-0.25, -0.2) is 0 Å². The van der Waals surface area contributed by atoms with Gasteiger partial charge in [-0.05, 0) is 75.9 Å².